The van der Waals surface area contributed by atoms with E-state index in [4.69, 9.17) is 4.74 Å². The molecular formula is C26H25N3O3S. The highest BCUT2D eigenvalue weighted by Crippen LogP contribution is 2.28. The van der Waals surface area contributed by atoms with Gasteiger partial charge in [0.2, 0.25) is 0 Å². The van der Waals surface area contributed by atoms with E-state index in [1.807, 2.05) is 61.5 Å². The molecule has 6 nitrogen and oxygen atoms in total. The fourth-order valence-electron chi connectivity index (χ4n) is 4.19. The lowest BCUT2D eigenvalue weighted by Crippen LogP contribution is -2.25. The van der Waals surface area contributed by atoms with Crippen LogP contribution in [0, 0.1) is 6.92 Å². The maximum Gasteiger partial charge on any atom is 0.262 e. The first kappa shape index (κ1) is 21.4. The fraction of sp³-hybridized carbons (Fsp3) is 0.269. The van der Waals surface area contributed by atoms with Gasteiger partial charge >= 0.3 is 0 Å². The summed E-state index contributed by atoms with van der Waals surface area (Å²) in [7, 11) is 0. The Labute approximate surface area is 195 Å². The van der Waals surface area contributed by atoms with Crippen molar-refractivity contribution in [2.24, 2.45) is 0 Å². The van der Waals surface area contributed by atoms with Crippen LogP contribution in [0.2, 0.25) is 0 Å². The number of benzene rings is 2. The summed E-state index contributed by atoms with van der Waals surface area (Å²) >= 11 is 1.31. The van der Waals surface area contributed by atoms with Crippen LogP contribution in [0.5, 0.6) is 5.75 Å². The molecule has 168 valence electrons. The van der Waals surface area contributed by atoms with Crippen LogP contribution in [-0.2, 0) is 26.0 Å². The van der Waals surface area contributed by atoms with Crippen molar-refractivity contribution in [3.05, 3.63) is 92.3 Å². The molecule has 5 rings (SSSR count). The van der Waals surface area contributed by atoms with Gasteiger partial charge in [0, 0.05) is 19.5 Å². The van der Waals surface area contributed by atoms with Gasteiger partial charge in [-0.15, -0.1) is 11.3 Å². The molecule has 2 aromatic carbocycles. The molecule has 0 aliphatic carbocycles. The zero-order valence-electron chi connectivity index (χ0n) is 18.5. The molecule has 1 N–H and O–H groups in total. The number of aryl methyl sites for hydroxylation is 2. The van der Waals surface area contributed by atoms with E-state index < -0.39 is 0 Å². The van der Waals surface area contributed by atoms with Gasteiger partial charge in [-0.3, -0.25) is 14.2 Å². The van der Waals surface area contributed by atoms with Crippen molar-refractivity contribution in [2.75, 3.05) is 6.54 Å². The van der Waals surface area contributed by atoms with Crippen LogP contribution in [0.4, 0.5) is 0 Å². The molecule has 0 saturated heterocycles. The normalized spacial score (nSPS) is 12.6. The maximum absolute atomic E-state index is 12.8. The number of amides is 1. The number of carbonyl (C=O) groups excluding carboxylic acids is 1. The molecule has 4 aromatic rings. The third-order valence-electron chi connectivity index (χ3n) is 5.99. The lowest BCUT2D eigenvalue weighted by Gasteiger charge is -2.08. The molecule has 0 bridgehead atoms. The molecule has 3 heterocycles. The van der Waals surface area contributed by atoms with E-state index in [-0.39, 0.29) is 11.5 Å². The van der Waals surface area contributed by atoms with Gasteiger partial charge in [0.1, 0.15) is 23.0 Å². The van der Waals surface area contributed by atoms with E-state index in [0.29, 0.717) is 41.2 Å². The third-order valence-corrected chi connectivity index (χ3v) is 7.17. The highest BCUT2D eigenvalue weighted by molar-refractivity contribution is 7.20. The molecule has 2 aromatic heterocycles. The zero-order valence-corrected chi connectivity index (χ0v) is 19.3. The molecule has 0 spiro atoms. The number of fused-ring (bicyclic) bond motifs is 2. The quantitative estimate of drug-likeness (QED) is 0.448. The smallest absolute Gasteiger partial charge is 0.262 e. The molecule has 0 radical (unpaired) electrons. The first-order valence-electron chi connectivity index (χ1n) is 11.2. The monoisotopic (exact) mass is 459 g/mol. The predicted octanol–water partition coefficient (Wildman–Crippen LogP) is 4.26. The second-order valence-electron chi connectivity index (χ2n) is 8.25. The molecule has 0 unspecified atom stereocenters. The Morgan fingerprint density at radius 1 is 1.12 bits per heavy atom. The van der Waals surface area contributed by atoms with Crippen molar-refractivity contribution >= 4 is 27.5 Å². The highest BCUT2D eigenvalue weighted by Gasteiger charge is 2.23. The Kier molecular flexibility index (Phi) is 5.96. The van der Waals surface area contributed by atoms with Gasteiger partial charge in [0.05, 0.1) is 10.3 Å². The van der Waals surface area contributed by atoms with E-state index >= 15 is 0 Å². The Hall–Kier alpha value is -3.45. The van der Waals surface area contributed by atoms with E-state index in [9.17, 15) is 9.59 Å². The topological polar surface area (TPSA) is 73.2 Å². The summed E-state index contributed by atoms with van der Waals surface area (Å²) in [6, 6.07) is 18.0. The lowest BCUT2D eigenvalue weighted by molar-refractivity contribution is 0.0957. The van der Waals surface area contributed by atoms with Gasteiger partial charge in [-0.2, -0.15) is 0 Å². The lowest BCUT2D eigenvalue weighted by atomic mass is 10.1. The van der Waals surface area contributed by atoms with E-state index in [0.717, 1.165) is 41.1 Å². The van der Waals surface area contributed by atoms with Gasteiger partial charge in [-0.25, -0.2) is 4.98 Å². The van der Waals surface area contributed by atoms with Gasteiger partial charge in [0.15, 0.2) is 0 Å². The number of hydrogen-bond acceptors (Lipinski definition) is 5. The molecule has 0 fully saturated rings. The number of nitrogens with one attached hydrogen (secondary N) is 1. The summed E-state index contributed by atoms with van der Waals surface area (Å²) in [5, 5.41) is 3.58. The average molecular weight is 460 g/mol. The van der Waals surface area contributed by atoms with Crippen LogP contribution >= 0.6 is 11.3 Å². The summed E-state index contributed by atoms with van der Waals surface area (Å²) < 4.78 is 7.57. The van der Waals surface area contributed by atoms with Crippen molar-refractivity contribution in [1.82, 2.24) is 14.9 Å². The fourth-order valence-corrected chi connectivity index (χ4v) is 5.29. The first-order valence-corrected chi connectivity index (χ1v) is 12.0. The molecule has 7 heteroatoms. The summed E-state index contributed by atoms with van der Waals surface area (Å²) in [5.74, 6) is 1.50. The molecule has 1 aliphatic heterocycles. The molecule has 33 heavy (non-hydrogen) atoms. The Balaban J connectivity index is 1.19. The van der Waals surface area contributed by atoms with Crippen molar-refractivity contribution in [3.63, 3.8) is 0 Å². The Morgan fingerprint density at radius 3 is 2.70 bits per heavy atom. The summed E-state index contributed by atoms with van der Waals surface area (Å²) in [4.78, 5) is 31.5. The van der Waals surface area contributed by atoms with Crippen LogP contribution in [0.25, 0.3) is 10.2 Å². The van der Waals surface area contributed by atoms with E-state index in [2.05, 4.69) is 10.3 Å². The maximum atomic E-state index is 12.8. The van der Waals surface area contributed by atoms with Crippen LogP contribution < -0.4 is 15.6 Å². The van der Waals surface area contributed by atoms with E-state index in [1.165, 1.54) is 11.3 Å². The minimum Gasteiger partial charge on any atom is -0.489 e. The minimum absolute atomic E-state index is 0.0186. The van der Waals surface area contributed by atoms with Crippen molar-refractivity contribution in [2.45, 2.75) is 39.3 Å². The summed E-state index contributed by atoms with van der Waals surface area (Å²) in [5.41, 5.74) is 2.96. The minimum atomic E-state index is -0.150. The number of ether oxygens (including phenoxy) is 1. The average Bonchev–Trinajstić information content (AvgIpc) is 3.44. The number of carbonyl (C=O) groups is 1. The van der Waals surface area contributed by atoms with Gasteiger partial charge in [0.25, 0.3) is 11.5 Å². The summed E-state index contributed by atoms with van der Waals surface area (Å²) in [6.07, 6.45) is 2.48. The molecular weight excluding hydrogens is 434 g/mol. The van der Waals surface area contributed by atoms with Gasteiger partial charge in [-0.05, 0) is 48.6 Å². The largest absolute Gasteiger partial charge is 0.489 e. The highest BCUT2D eigenvalue weighted by atomic mass is 32.1. The Morgan fingerprint density at radius 2 is 1.91 bits per heavy atom. The van der Waals surface area contributed by atoms with Crippen molar-refractivity contribution in [3.8, 4) is 5.75 Å². The number of aromatic nitrogens is 2. The number of rotatable bonds is 7. The summed E-state index contributed by atoms with van der Waals surface area (Å²) in [6.45, 7) is 3.60. The third kappa shape index (κ3) is 4.41. The van der Waals surface area contributed by atoms with Crippen LogP contribution in [-0.4, -0.2) is 22.0 Å². The second kappa shape index (κ2) is 9.19. The standard InChI is InChI=1S/C26H25N3O3S/c1-17-22-25(28-21-8-5-15-29(21)26(22)31)33-23(17)24(30)27-14-13-18-9-11-20(12-10-18)32-16-19-6-3-2-4-7-19/h2-4,6-7,9-12H,5,8,13-16H2,1H3,(H,27,30). The van der Waals surface area contributed by atoms with Crippen LogP contribution in [0.3, 0.4) is 0 Å². The molecule has 0 atom stereocenters. The molecule has 1 aliphatic rings. The Bertz CT molecular complexity index is 1360. The van der Waals surface area contributed by atoms with Crippen molar-refractivity contribution in [1.29, 1.82) is 0 Å². The van der Waals surface area contributed by atoms with Crippen LogP contribution in [0.15, 0.2) is 59.4 Å². The SMILES string of the molecule is Cc1c(C(=O)NCCc2ccc(OCc3ccccc3)cc2)sc2nc3n(c(=O)c12)CCC3. The van der Waals surface area contributed by atoms with Crippen molar-refractivity contribution < 1.29 is 9.53 Å². The number of thiophene rings is 1. The number of nitrogens with zero attached hydrogens (tertiary/aromatic N) is 2. The second-order valence-corrected chi connectivity index (χ2v) is 9.25. The predicted molar refractivity (Wildman–Crippen MR) is 130 cm³/mol. The van der Waals surface area contributed by atoms with Crippen LogP contribution in [0.1, 0.15) is 38.6 Å². The van der Waals surface area contributed by atoms with Gasteiger partial charge < -0.3 is 10.1 Å². The zero-order chi connectivity index (χ0) is 22.8. The first-order chi connectivity index (χ1) is 16.1. The van der Waals surface area contributed by atoms with E-state index in [1.54, 1.807) is 4.57 Å². The van der Waals surface area contributed by atoms with Gasteiger partial charge in [-0.1, -0.05) is 42.5 Å². The molecule has 1 amide bonds. The number of hydrogen-bond donors (Lipinski definition) is 1. The molecule has 0 saturated carbocycles.